The first-order chi connectivity index (χ1) is 12.7. The van der Waals surface area contributed by atoms with Crippen LogP contribution in [0.2, 0.25) is 5.02 Å². The third-order valence-electron chi connectivity index (χ3n) is 2.99. The third-order valence-corrected chi connectivity index (χ3v) is 3.55. The predicted octanol–water partition coefficient (Wildman–Crippen LogP) is 4.32. The summed E-state index contributed by atoms with van der Waals surface area (Å²) >= 11 is 12.1. The van der Waals surface area contributed by atoms with E-state index in [1.165, 1.54) is 24.3 Å². The van der Waals surface area contributed by atoms with Crippen molar-refractivity contribution in [3.63, 3.8) is 0 Å². The Hall–Kier alpha value is -0.126. The summed E-state index contributed by atoms with van der Waals surface area (Å²) in [5.74, 6) is -0.0997. The van der Waals surface area contributed by atoms with Crippen molar-refractivity contribution in [2.24, 2.45) is 4.99 Å². The van der Waals surface area contributed by atoms with Gasteiger partial charge in [-0.3, -0.25) is 14.7 Å². The van der Waals surface area contributed by atoms with Gasteiger partial charge in [-0.05, 0) is 93.6 Å². The maximum absolute atomic E-state index is 11.4. The van der Waals surface area contributed by atoms with Crippen LogP contribution in [0.5, 0.6) is 0 Å². The molecule has 1 aromatic rings. The second-order valence-electron chi connectivity index (χ2n) is 4.73. The predicted molar refractivity (Wildman–Crippen MR) is 107 cm³/mol. The van der Waals surface area contributed by atoms with Gasteiger partial charge < -0.3 is 12.6 Å². The Morgan fingerprint density at radius 2 is 1.23 bits per heavy atom. The van der Waals surface area contributed by atoms with Gasteiger partial charge in [0.15, 0.2) is 0 Å². The number of benzene rings is 1. The van der Waals surface area contributed by atoms with Crippen molar-refractivity contribution in [1.82, 2.24) is 0 Å². The molecule has 1 heterocycles. The monoisotopic (exact) mass is 438 g/mol. The number of carbonyl (C=O) groups excluding carboxylic acids is 1. The van der Waals surface area contributed by atoms with Crippen molar-refractivity contribution in [1.29, 1.82) is 0 Å². The third kappa shape index (κ3) is 9.19. The molecule has 2 aliphatic carbocycles. The van der Waals surface area contributed by atoms with Gasteiger partial charge in [0.1, 0.15) is 6.54 Å². The number of hydrogen-bond acceptors (Lipinski definition) is 3. The van der Waals surface area contributed by atoms with E-state index in [4.69, 9.17) is 24.2 Å². The van der Waals surface area contributed by atoms with Crippen LogP contribution in [0.25, 0.3) is 0 Å². The van der Waals surface area contributed by atoms with Crippen LogP contribution in [0.15, 0.2) is 29.3 Å². The molecular weight excluding hydrogens is 423 g/mol. The second-order valence-corrected chi connectivity index (χ2v) is 5.53. The Balaban J connectivity index is 0.000000230. The van der Waals surface area contributed by atoms with Crippen LogP contribution in [0.3, 0.4) is 0 Å². The van der Waals surface area contributed by atoms with E-state index in [-0.39, 0.29) is 12.5 Å². The number of aliphatic imine (C=N–C) groups is 1. The molecule has 1 aliphatic heterocycles. The molecule has 0 bridgehead atoms. The normalized spacial score (nSPS) is 18.1. The first kappa shape index (κ1) is 23.9. The van der Waals surface area contributed by atoms with Crippen molar-refractivity contribution in [3.8, 4) is 0 Å². The molecule has 0 spiro atoms. The Labute approximate surface area is 183 Å². The zero-order valence-electron chi connectivity index (χ0n) is 13.8. The first-order valence-electron chi connectivity index (χ1n) is 7.51. The van der Waals surface area contributed by atoms with E-state index in [2.05, 4.69) is 14.3 Å². The van der Waals surface area contributed by atoms with Crippen LogP contribution >= 0.6 is 20.9 Å². The molecule has 10 radical (unpaired) electrons. The standard InChI is InChI=1S/C9H7ClN2OS.2C5H5.ClH.Ti/c10-6-1-3-7(4-2-6)12-8(13)5-11-9(12)14;2*1-2-4-5-3-1;;/h1-4H,5H2,(H,11,14);2*1-5H;1H;/q;;;;+4/p-2. The number of amides is 1. The second kappa shape index (κ2) is 14.9. The molecule has 0 atom stereocenters. The first-order valence-corrected chi connectivity index (χ1v) is 10.4. The number of rotatable bonds is 1. The van der Waals surface area contributed by atoms with Crippen molar-refractivity contribution in [3.05, 3.63) is 93.5 Å². The number of amidine groups is 1. The molecule has 0 aromatic heterocycles. The average Bonchev–Trinajstić information content (AvgIpc) is 3.44. The molecule has 1 amide bonds. The molecule has 2 saturated carbocycles. The van der Waals surface area contributed by atoms with Gasteiger partial charge in [0.2, 0.25) is 0 Å². The Morgan fingerprint density at radius 3 is 1.54 bits per heavy atom. The SMILES string of the molecule is O=C1CN=C([S-])N1c1ccc(Cl)cc1.[CH]1[CH][CH][CH][CH]1.[CH]1[CH][CH][CH][CH]1.[Cl][Ti+3]. The summed E-state index contributed by atoms with van der Waals surface area (Å²) < 4.78 is 0. The molecular formula is C19H16Cl2N2OSTi+2. The molecule has 130 valence electrons. The van der Waals surface area contributed by atoms with Gasteiger partial charge in [-0.2, -0.15) is 0 Å². The zero-order chi connectivity index (χ0) is 19.2. The van der Waals surface area contributed by atoms with Crippen molar-refractivity contribution in [2.75, 3.05) is 11.4 Å². The van der Waals surface area contributed by atoms with Gasteiger partial charge in [0, 0.05) is 10.7 Å². The number of nitrogens with zero attached hydrogens (tertiary/aromatic N) is 2. The minimum atomic E-state index is -0.0997. The van der Waals surface area contributed by atoms with Crippen molar-refractivity contribution >= 4 is 50.3 Å². The van der Waals surface area contributed by atoms with Gasteiger partial charge in [-0.15, -0.1) is 0 Å². The molecule has 2 fully saturated rings. The summed E-state index contributed by atoms with van der Waals surface area (Å²) in [4.78, 5) is 16.7. The summed E-state index contributed by atoms with van der Waals surface area (Å²) in [6.07, 6.45) is 20.0. The van der Waals surface area contributed by atoms with Gasteiger partial charge in [0.05, 0.1) is 0 Å². The topological polar surface area (TPSA) is 32.7 Å². The fourth-order valence-electron chi connectivity index (χ4n) is 1.87. The van der Waals surface area contributed by atoms with Crippen LogP contribution in [0.1, 0.15) is 0 Å². The molecule has 0 saturated heterocycles. The molecule has 7 heteroatoms. The van der Waals surface area contributed by atoms with E-state index < -0.39 is 0 Å². The number of halogens is 2. The number of carbonyl (C=O) groups is 1. The van der Waals surface area contributed by atoms with E-state index in [1.807, 2.05) is 64.2 Å². The van der Waals surface area contributed by atoms with Crippen LogP contribution in [0, 0.1) is 64.2 Å². The summed E-state index contributed by atoms with van der Waals surface area (Å²) in [5.41, 5.74) is 0.714. The van der Waals surface area contributed by atoms with Gasteiger partial charge in [-0.25, -0.2) is 0 Å². The number of hydrogen-bond donors (Lipinski definition) is 0. The van der Waals surface area contributed by atoms with Crippen LogP contribution in [-0.2, 0) is 36.8 Å². The molecule has 1 aromatic carbocycles. The quantitative estimate of drug-likeness (QED) is 0.483. The van der Waals surface area contributed by atoms with Gasteiger partial charge >= 0.3 is 28.7 Å². The van der Waals surface area contributed by atoms with E-state index >= 15 is 0 Å². The Kier molecular flexibility index (Phi) is 13.7. The van der Waals surface area contributed by atoms with Crippen molar-refractivity contribution < 1.29 is 24.2 Å². The van der Waals surface area contributed by atoms with Gasteiger partial charge in [0.25, 0.3) is 5.91 Å². The van der Waals surface area contributed by atoms with Crippen LogP contribution < -0.4 is 4.90 Å². The van der Waals surface area contributed by atoms with E-state index in [0.29, 0.717) is 15.9 Å². The summed E-state index contributed by atoms with van der Waals surface area (Å²) in [6.45, 7) is 0.140. The summed E-state index contributed by atoms with van der Waals surface area (Å²) in [5, 5.41) is 0.945. The molecule has 3 nitrogen and oxygen atoms in total. The molecule has 0 N–H and O–H groups in total. The molecule has 26 heavy (non-hydrogen) atoms. The summed E-state index contributed by atoms with van der Waals surface area (Å²) in [7, 11) is 4.64. The zero-order valence-corrected chi connectivity index (χ0v) is 17.6. The van der Waals surface area contributed by atoms with Gasteiger partial charge in [-0.1, -0.05) is 11.6 Å². The van der Waals surface area contributed by atoms with Crippen LogP contribution in [0.4, 0.5) is 5.69 Å². The average molecular weight is 439 g/mol. The number of anilines is 1. The Bertz CT molecular complexity index is 522. The summed E-state index contributed by atoms with van der Waals surface area (Å²) in [6, 6.07) is 6.91. The van der Waals surface area contributed by atoms with E-state index in [1.54, 1.807) is 24.3 Å². The van der Waals surface area contributed by atoms with Crippen molar-refractivity contribution in [2.45, 2.75) is 0 Å². The minimum absolute atomic E-state index is 0.0997. The molecule has 0 unspecified atom stereocenters. The fourth-order valence-corrected chi connectivity index (χ4v) is 2.27. The maximum atomic E-state index is 11.4. The molecule has 3 aliphatic rings. The Morgan fingerprint density at radius 1 is 0.846 bits per heavy atom. The fraction of sp³-hybridized carbons (Fsp3) is 0.0526. The van der Waals surface area contributed by atoms with E-state index in [0.717, 1.165) is 0 Å². The van der Waals surface area contributed by atoms with E-state index in [9.17, 15) is 4.79 Å². The van der Waals surface area contributed by atoms with Crippen LogP contribution in [-0.4, -0.2) is 17.6 Å². The molecule has 4 rings (SSSR count).